The lowest BCUT2D eigenvalue weighted by Crippen LogP contribution is -2.25. The van der Waals surface area contributed by atoms with Crippen molar-refractivity contribution in [2.75, 3.05) is 7.11 Å². The van der Waals surface area contributed by atoms with Crippen LogP contribution in [0.2, 0.25) is 0 Å². The van der Waals surface area contributed by atoms with Crippen LogP contribution >= 0.6 is 0 Å². The van der Waals surface area contributed by atoms with Crippen LogP contribution in [0.4, 0.5) is 0 Å². The highest BCUT2D eigenvalue weighted by Gasteiger charge is 2.31. The van der Waals surface area contributed by atoms with Gasteiger partial charge < -0.3 is 14.9 Å². The average Bonchev–Trinajstić information content (AvgIpc) is 3.43. The summed E-state index contributed by atoms with van der Waals surface area (Å²) in [6.07, 6.45) is 0. The van der Waals surface area contributed by atoms with Crippen molar-refractivity contribution in [3.05, 3.63) is 133 Å². The molecule has 11 heteroatoms. The fourth-order valence-electron chi connectivity index (χ4n) is 5.02. The summed E-state index contributed by atoms with van der Waals surface area (Å²) in [5.74, 6) is -2.59. The number of carboxylic acid groups (broad SMARTS) is 2. The van der Waals surface area contributed by atoms with Crippen LogP contribution in [0.15, 0.2) is 82.4 Å². The molecule has 0 unspecified atom stereocenters. The maximum atomic E-state index is 14.0. The van der Waals surface area contributed by atoms with Crippen molar-refractivity contribution < 1.29 is 24.5 Å². The number of rotatable bonds is 8. The van der Waals surface area contributed by atoms with E-state index < -0.39 is 29.0 Å². The summed E-state index contributed by atoms with van der Waals surface area (Å²) in [6.45, 7) is 3.41. The van der Waals surface area contributed by atoms with Gasteiger partial charge in [-0.05, 0) is 67.9 Å². The van der Waals surface area contributed by atoms with Crippen molar-refractivity contribution >= 4 is 11.9 Å². The van der Waals surface area contributed by atoms with Crippen LogP contribution in [0.5, 0.6) is 5.75 Å². The molecule has 0 amide bonds. The number of aromatic carboxylic acids is 2. The second-order valence-electron chi connectivity index (χ2n) is 9.50. The Balaban J connectivity index is 1.76. The van der Waals surface area contributed by atoms with Crippen molar-refractivity contribution in [2.24, 2.45) is 0 Å². The van der Waals surface area contributed by atoms with E-state index in [1.54, 1.807) is 62.4 Å². The second kappa shape index (κ2) is 10.5. The molecule has 2 heterocycles. The Morgan fingerprint density at radius 2 is 1.20 bits per heavy atom. The monoisotopic (exact) mass is 554 g/mol. The predicted molar refractivity (Wildman–Crippen MR) is 150 cm³/mol. The molecule has 41 heavy (non-hydrogen) atoms. The molecule has 2 aromatic heterocycles. The van der Waals surface area contributed by atoms with Gasteiger partial charge in [0.2, 0.25) is 0 Å². The number of hydrogen-bond acceptors (Lipinski definition) is 5. The molecule has 0 fully saturated rings. The summed E-state index contributed by atoms with van der Waals surface area (Å²) in [7, 11) is 1.52. The van der Waals surface area contributed by atoms with Crippen molar-refractivity contribution in [1.82, 2.24) is 19.6 Å². The average molecular weight is 555 g/mol. The van der Waals surface area contributed by atoms with Crippen LogP contribution in [-0.2, 0) is 0 Å². The Morgan fingerprint density at radius 3 is 1.63 bits per heavy atom. The Hall–Kier alpha value is -5.58. The van der Waals surface area contributed by atoms with E-state index in [1.165, 1.54) is 40.7 Å². The van der Waals surface area contributed by atoms with E-state index in [0.29, 0.717) is 34.1 Å². The number of aromatic amines is 2. The fourth-order valence-corrected chi connectivity index (χ4v) is 5.02. The minimum Gasteiger partial charge on any atom is -0.497 e. The van der Waals surface area contributed by atoms with Gasteiger partial charge in [-0.2, -0.15) is 0 Å². The zero-order valence-electron chi connectivity index (χ0n) is 22.3. The van der Waals surface area contributed by atoms with Crippen LogP contribution in [0.25, 0.3) is 11.4 Å². The summed E-state index contributed by atoms with van der Waals surface area (Å²) < 4.78 is 7.93. The van der Waals surface area contributed by atoms with E-state index >= 15 is 0 Å². The lowest BCUT2D eigenvalue weighted by molar-refractivity contribution is 0.0686. The summed E-state index contributed by atoms with van der Waals surface area (Å²) >= 11 is 0. The third-order valence-electron chi connectivity index (χ3n) is 6.94. The van der Waals surface area contributed by atoms with Crippen molar-refractivity contribution in [2.45, 2.75) is 19.8 Å². The first kappa shape index (κ1) is 27.0. The molecule has 208 valence electrons. The van der Waals surface area contributed by atoms with Crippen molar-refractivity contribution in [3.63, 3.8) is 0 Å². The molecule has 0 saturated carbocycles. The standard InChI is InChI=1S/C30H26N4O7/c1-16-24(27(35)33(31-16)21-10-4-8-19(13-21)29(37)38)26(18-7-6-12-23(15-18)41-3)25-17(2)32-34(28(25)36)22-11-5-9-20(14-22)30(39)40/h4-15,26,31-32H,1-3H3,(H,37,38)(H,39,40). The lowest BCUT2D eigenvalue weighted by Gasteiger charge is -2.16. The van der Waals surface area contributed by atoms with Gasteiger partial charge in [0.25, 0.3) is 11.1 Å². The molecule has 4 N–H and O–H groups in total. The first-order valence-corrected chi connectivity index (χ1v) is 12.5. The number of H-pyrrole nitrogens is 2. The molecule has 0 bridgehead atoms. The molecule has 5 rings (SSSR count). The van der Waals surface area contributed by atoms with Crippen LogP contribution in [0.3, 0.4) is 0 Å². The molecule has 11 nitrogen and oxygen atoms in total. The Morgan fingerprint density at radius 1 is 0.732 bits per heavy atom. The number of nitrogens with one attached hydrogen (secondary N) is 2. The smallest absolute Gasteiger partial charge is 0.335 e. The zero-order valence-corrected chi connectivity index (χ0v) is 22.3. The van der Waals surface area contributed by atoms with Gasteiger partial charge in [0, 0.05) is 17.3 Å². The first-order chi connectivity index (χ1) is 19.6. The molecule has 3 aromatic carbocycles. The number of carboxylic acids is 2. The summed E-state index contributed by atoms with van der Waals surface area (Å²) in [5, 5.41) is 25.0. The highest BCUT2D eigenvalue weighted by atomic mass is 16.5. The van der Waals surface area contributed by atoms with Crippen LogP contribution < -0.4 is 15.9 Å². The van der Waals surface area contributed by atoms with Crippen LogP contribution in [0.1, 0.15) is 54.7 Å². The Kier molecular flexibility index (Phi) is 6.94. The lowest BCUT2D eigenvalue weighted by atomic mass is 9.85. The fraction of sp³-hybridized carbons (Fsp3) is 0.133. The zero-order chi connectivity index (χ0) is 29.4. The molecule has 0 atom stereocenters. The van der Waals surface area contributed by atoms with Gasteiger partial charge in [0.15, 0.2) is 0 Å². The number of aryl methyl sites for hydroxylation is 2. The van der Waals surface area contributed by atoms with Crippen molar-refractivity contribution in [1.29, 1.82) is 0 Å². The summed E-state index contributed by atoms with van der Waals surface area (Å²) in [4.78, 5) is 51.1. The van der Waals surface area contributed by atoms with E-state index in [4.69, 9.17) is 4.74 Å². The largest absolute Gasteiger partial charge is 0.497 e. The van der Waals surface area contributed by atoms with Gasteiger partial charge >= 0.3 is 11.9 Å². The second-order valence-corrected chi connectivity index (χ2v) is 9.50. The van der Waals surface area contributed by atoms with Gasteiger partial charge in [-0.1, -0.05) is 24.3 Å². The number of aromatic nitrogens is 4. The molecule has 0 aliphatic heterocycles. The number of nitrogens with zero attached hydrogens (tertiary/aromatic N) is 2. The van der Waals surface area contributed by atoms with E-state index in [1.807, 2.05) is 0 Å². The van der Waals surface area contributed by atoms with Gasteiger partial charge in [0.05, 0.1) is 40.7 Å². The topological polar surface area (TPSA) is 159 Å². The van der Waals surface area contributed by atoms with E-state index in [9.17, 15) is 29.4 Å². The number of carbonyl (C=O) groups is 2. The minimum absolute atomic E-state index is 0.0144. The maximum Gasteiger partial charge on any atom is 0.335 e. The maximum absolute atomic E-state index is 14.0. The molecule has 0 aliphatic carbocycles. The number of methoxy groups -OCH3 is 1. The minimum atomic E-state index is -1.13. The van der Waals surface area contributed by atoms with Gasteiger partial charge in [-0.25, -0.2) is 19.0 Å². The first-order valence-electron chi connectivity index (χ1n) is 12.5. The summed E-state index contributed by atoms with van der Waals surface area (Å²) in [5.41, 5.74) is 1.88. The normalized spacial score (nSPS) is 11.1. The quantitative estimate of drug-likeness (QED) is 0.227. The molecule has 0 aliphatic rings. The highest BCUT2D eigenvalue weighted by Crippen LogP contribution is 2.34. The summed E-state index contributed by atoms with van der Waals surface area (Å²) in [6, 6.07) is 19.0. The molecule has 0 saturated heterocycles. The van der Waals surface area contributed by atoms with Crippen LogP contribution in [-0.4, -0.2) is 48.8 Å². The van der Waals surface area contributed by atoms with Gasteiger partial charge in [-0.3, -0.25) is 19.8 Å². The molecule has 0 spiro atoms. The van der Waals surface area contributed by atoms with Crippen LogP contribution in [0, 0.1) is 13.8 Å². The predicted octanol–water partition coefficient (Wildman–Crippen LogP) is 3.85. The van der Waals surface area contributed by atoms with Gasteiger partial charge in [0.1, 0.15) is 5.75 Å². The number of ether oxygens (including phenoxy) is 1. The third-order valence-corrected chi connectivity index (χ3v) is 6.94. The van der Waals surface area contributed by atoms with E-state index in [-0.39, 0.29) is 22.3 Å². The molecular weight excluding hydrogens is 528 g/mol. The SMILES string of the molecule is COc1cccc(C(c2c(C)[nH]n(-c3cccc(C(=O)O)c3)c2=O)c2c(C)[nH]n(-c3cccc(C(=O)O)c3)c2=O)c1. The van der Waals surface area contributed by atoms with E-state index in [2.05, 4.69) is 10.2 Å². The molecule has 0 radical (unpaired) electrons. The molecular formula is C30H26N4O7. The van der Waals surface area contributed by atoms with Gasteiger partial charge in [-0.15, -0.1) is 0 Å². The Labute approximate surface area is 232 Å². The Bertz CT molecular complexity index is 1810. The highest BCUT2D eigenvalue weighted by molar-refractivity contribution is 5.88. The number of hydrogen-bond donors (Lipinski definition) is 4. The molecule has 5 aromatic rings. The van der Waals surface area contributed by atoms with E-state index in [0.717, 1.165) is 0 Å². The number of benzene rings is 3. The van der Waals surface area contributed by atoms with Crippen molar-refractivity contribution in [3.8, 4) is 17.1 Å². The third kappa shape index (κ3) is 4.84.